The maximum Gasteiger partial charge on any atom is 0.0631 e. The van der Waals surface area contributed by atoms with E-state index in [-0.39, 0.29) is 5.60 Å². The molecule has 1 heterocycles. The average molecular weight is 165 g/mol. The summed E-state index contributed by atoms with van der Waals surface area (Å²) < 4.78 is 0. The molecule has 0 unspecified atom stereocenters. The minimum Gasteiger partial charge on any atom is -0.390 e. The molecule has 1 aliphatic heterocycles. The third-order valence-corrected chi connectivity index (χ3v) is 2.82. The lowest BCUT2D eigenvalue weighted by atomic mass is 9.68. The summed E-state index contributed by atoms with van der Waals surface area (Å²) in [6.07, 6.45) is 6.98. The van der Waals surface area contributed by atoms with Crippen molar-refractivity contribution >= 4 is 6.21 Å². The quantitative estimate of drug-likeness (QED) is 0.628. The number of aliphatic hydroxyl groups is 1. The van der Waals surface area contributed by atoms with Gasteiger partial charge in [-0.05, 0) is 38.2 Å². The number of aliphatic imine (C=N–C) groups is 1. The predicted molar refractivity (Wildman–Crippen MR) is 49.4 cm³/mol. The van der Waals surface area contributed by atoms with E-state index in [2.05, 4.69) is 11.1 Å². The van der Waals surface area contributed by atoms with E-state index in [1.165, 1.54) is 5.57 Å². The average Bonchev–Trinajstić information content (AvgIpc) is 2.02. The van der Waals surface area contributed by atoms with E-state index in [1.807, 2.05) is 13.1 Å². The molecule has 0 aromatic rings. The maximum absolute atomic E-state index is 9.55. The molecule has 12 heavy (non-hydrogen) atoms. The van der Waals surface area contributed by atoms with E-state index >= 15 is 0 Å². The third kappa shape index (κ3) is 1.44. The van der Waals surface area contributed by atoms with Crippen molar-refractivity contribution in [2.75, 3.05) is 6.54 Å². The van der Waals surface area contributed by atoms with E-state index in [0.29, 0.717) is 5.92 Å². The van der Waals surface area contributed by atoms with E-state index in [0.717, 1.165) is 25.8 Å². The molecular formula is C10H15NO. The lowest BCUT2D eigenvalue weighted by molar-refractivity contribution is -0.0457. The molecule has 0 radical (unpaired) electrons. The molecular weight excluding hydrogens is 150 g/mol. The van der Waals surface area contributed by atoms with Crippen LogP contribution in [-0.2, 0) is 0 Å². The van der Waals surface area contributed by atoms with Gasteiger partial charge in [-0.25, -0.2) is 0 Å². The van der Waals surface area contributed by atoms with Gasteiger partial charge in [-0.1, -0.05) is 5.57 Å². The molecule has 0 atom stereocenters. The molecule has 0 aromatic carbocycles. The monoisotopic (exact) mass is 165 g/mol. The van der Waals surface area contributed by atoms with Gasteiger partial charge in [-0.2, -0.15) is 0 Å². The fraction of sp³-hybridized carbons (Fsp3) is 0.700. The van der Waals surface area contributed by atoms with Crippen LogP contribution >= 0.6 is 0 Å². The number of hydrogen-bond acceptors (Lipinski definition) is 2. The van der Waals surface area contributed by atoms with Crippen molar-refractivity contribution in [1.82, 2.24) is 0 Å². The lowest BCUT2D eigenvalue weighted by Crippen LogP contribution is -2.41. The number of hydrogen-bond donors (Lipinski definition) is 1. The van der Waals surface area contributed by atoms with Crippen LogP contribution in [0.5, 0.6) is 0 Å². The molecule has 1 saturated carbocycles. The summed E-state index contributed by atoms with van der Waals surface area (Å²) in [4.78, 5) is 4.14. The van der Waals surface area contributed by atoms with Crippen molar-refractivity contribution in [2.24, 2.45) is 10.9 Å². The van der Waals surface area contributed by atoms with Crippen LogP contribution in [0.1, 0.15) is 26.2 Å². The number of rotatable bonds is 1. The molecule has 1 N–H and O–H groups in total. The molecule has 1 fully saturated rings. The third-order valence-electron chi connectivity index (χ3n) is 2.82. The second-order valence-corrected chi connectivity index (χ2v) is 4.15. The molecule has 2 aliphatic rings. The Morgan fingerprint density at radius 3 is 2.83 bits per heavy atom. The van der Waals surface area contributed by atoms with Crippen LogP contribution in [0.25, 0.3) is 0 Å². The maximum atomic E-state index is 9.55. The van der Waals surface area contributed by atoms with E-state index in [4.69, 9.17) is 0 Å². The lowest BCUT2D eigenvalue weighted by Gasteiger charge is -2.42. The fourth-order valence-corrected chi connectivity index (χ4v) is 2.10. The summed E-state index contributed by atoms with van der Waals surface area (Å²) in [5, 5.41) is 9.55. The van der Waals surface area contributed by atoms with Crippen LogP contribution in [0.4, 0.5) is 0 Å². The Morgan fingerprint density at radius 1 is 1.58 bits per heavy atom. The van der Waals surface area contributed by atoms with E-state index < -0.39 is 0 Å². The number of nitrogens with zero attached hydrogens (tertiary/aromatic N) is 1. The first kappa shape index (κ1) is 7.99. The Hall–Kier alpha value is -0.630. The largest absolute Gasteiger partial charge is 0.390 e. The SMILES string of the molecule is CC1(O)CC(C2=CC=NCC2)C1. The smallest absolute Gasteiger partial charge is 0.0631 e. The van der Waals surface area contributed by atoms with Gasteiger partial charge in [0.05, 0.1) is 5.60 Å². The minimum atomic E-state index is -0.389. The molecule has 0 spiro atoms. The molecule has 2 nitrogen and oxygen atoms in total. The van der Waals surface area contributed by atoms with Crippen LogP contribution in [0, 0.1) is 5.92 Å². The van der Waals surface area contributed by atoms with Gasteiger partial charge in [0.1, 0.15) is 0 Å². The Bertz CT molecular complexity index is 232. The summed E-state index contributed by atoms with van der Waals surface area (Å²) in [5.41, 5.74) is 1.09. The first-order valence-electron chi connectivity index (χ1n) is 4.59. The number of dihydropyridines is 1. The first-order chi connectivity index (χ1) is 5.67. The van der Waals surface area contributed by atoms with Gasteiger partial charge in [-0.3, -0.25) is 4.99 Å². The molecule has 0 amide bonds. The highest BCUT2D eigenvalue weighted by Gasteiger charge is 2.39. The highest BCUT2D eigenvalue weighted by Crippen LogP contribution is 2.42. The summed E-state index contributed by atoms with van der Waals surface area (Å²) in [5.74, 6) is 0.631. The predicted octanol–water partition coefficient (Wildman–Crippen LogP) is 1.55. The zero-order chi connectivity index (χ0) is 8.60. The Labute approximate surface area is 73.0 Å². The van der Waals surface area contributed by atoms with Crippen LogP contribution < -0.4 is 0 Å². The van der Waals surface area contributed by atoms with E-state index in [9.17, 15) is 5.11 Å². The summed E-state index contributed by atoms with van der Waals surface area (Å²) in [6, 6.07) is 0. The molecule has 1 aliphatic carbocycles. The van der Waals surface area contributed by atoms with Gasteiger partial charge in [0.25, 0.3) is 0 Å². The number of allylic oxidation sites excluding steroid dienone is 1. The second-order valence-electron chi connectivity index (χ2n) is 4.15. The first-order valence-corrected chi connectivity index (χ1v) is 4.59. The van der Waals surface area contributed by atoms with Gasteiger partial charge in [0.15, 0.2) is 0 Å². The van der Waals surface area contributed by atoms with Gasteiger partial charge >= 0.3 is 0 Å². The van der Waals surface area contributed by atoms with Crippen LogP contribution in [0.15, 0.2) is 16.6 Å². The highest BCUT2D eigenvalue weighted by molar-refractivity contribution is 5.73. The highest BCUT2D eigenvalue weighted by atomic mass is 16.3. The van der Waals surface area contributed by atoms with Crippen molar-refractivity contribution in [3.8, 4) is 0 Å². The van der Waals surface area contributed by atoms with Crippen LogP contribution in [-0.4, -0.2) is 23.5 Å². The summed E-state index contributed by atoms with van der Waals surface area (Å²) in [6.45, 7) is 2.85. The van der Waals surface area contributed by atoms with Crippen molar-refractivity contribution in [2.45, 2.75) is 31.8 Å². The van der Waals surface area contributed by atoms with Crippen LogP contribution in [0.3, 0.4) is 0 Å². The Morgan fingerprint density at radius 2 is 2.33 bits per heavy atom. The normalized spacial score (nSPS) is 40.5. The van der Waals surface area contributed by atoms with Crippen LogP contribution in [0.2, 0.25) is 0 Å². The van der Waals surface area contributed by atoms with Crippen molar-refractivity contribution in [1.29, 1.82) is 0 Å². The van der Waals surface area contributed by atoms with Crippen molar-refractivity contribution in [3.05, 3.63) is 11.6 Å². The molecule has 2 rings (SSSR count). The Kier molecular flexibility index (Phi) is 1.80. The minimum absolute atomic E-state index is 0.389. The summed E-state index contributed by atoms with van der Waals surface area (Å²) in [7, 11) is 0. The van der Waals surface area contributed by atoms with Gasteiger partial charge in [0, 0.05) is 12.8 Å². The molecule has 0 aromatic heterocycles. The summed E-state index contributed by atoms with van der Waals surface area (Å²) >= 11 is 0. The topological polar surface area (TPSA) is 32.6 Å². The molecule has 66 valence electrons. The molecule has 0 bridgehead atoms. The fourth-order valence-electron chi connectivity index (χ4n) is 2.10. The molecule has 2 heteroatoms. The second kappa shape index (κ2) is 2.70. The standard InChI is InChI=1S/C10H15NO/c1-10(12)6-9(7-10)8-2-4-11-5-3-8/h2,4,9,12H,3,5-7H2,1H3. The van der Waals surface area contributed by atoms with Gasteiger partial charge in [0.2, 0.25) is 0 Å². The van der Waals surface area contributed by atoms with Gasteiger partial charge in [-0.15, -0.1) is 0 Å². The zero-order valence-electron chi connectivity index (χ0n) is 7.45. The molecule has 0 saturated heterocycles. The zero-order valence-corrected chi connectivity index (χ0v) is 7.45. The van der Waals surface area contributed by atoms with E-state index in [1.54, 1.807) is 0 Å². The van der Waals surface area contributed by atoms with Gasteiger partial charge < -0.3 is 5.11 Å². The Balaban J connectivity index is 1.95. The van der Waals surface area contributed by atoms with Crippen molar-refractivity contribution < 1.29 is 5.11 Å². The van der Waals surface area contributed by atoms with Crippen molar-refractivity contribution in [3.63, 3.8) is 0 Å².